The Morgan fingerprint density at radius 2 is 2.29 bits per heavy atom. The monoisotopic (exact) mass is 229 g/mol. The standard InChI is InChI=1S/C14H15NO2/c1-9(17)15-7-10-5-6-11(8-16)12-3-2-4-13(15)14(10)12/h5-6,8,13H,2-4,7H2,1H3. The first kappa shape index (κ1) is 10.5. The Bertz CT molecular complexity index is 507. The summed E-state index contributed by atoms with van der Waals surface area (Å²) in [6.07, 6.45) is 4.00. The predicted octanol–water partition coefficient (Wildman–Crippen LogP) is 2.24. The molecule has 0 radical (unpaired) electrons. The molecule has 1 aliphatic carbocycles. The second kappa shape index (κ2) is 3.69. The second-order valence-electron chi connectivity index (χ2n) is 4.88. The average molecular weight is 229 g/mol. The summed E-state index contributed by atoms with van der Waals surface area (Å²) in [5.41, 5.74) is 4.47. The van der Waals surface area contributed by atoms with Crippen LogP contribution in [0.1, 0.15) is 52.9 Å². The van der Waals surface area contributed by atoms with Gasteiger partial charge < -0.3 is 4.90 Å². The Hall–Kier alpha value is -1.64. The van der Waals surface area contributed by atoms with Gasteiger partial charge in [0.25, 0.3) is 0 Å². The summed E-state index contributed by atoms with van der Waals surface area (Å²) in [6, 6.07) is 4.11. The molecule has 0 saturated heterocycles. The Morgan fingerprint density at radius 1 is 1.47 bits per heavy atom. The molecule has 1 unspecified atom stereocenters. The van der Waals surface area contributed by atoms with Gasteiger partial charge in [0.05, 0.1) is 6.04 Å². The molecule has 1 aliphatic heterocycles. The number of hydrogen-bond acceptors (Lipinski definition) is 2. The number of amides is 1. The van der Waals surface area contributed by atoms with E-state index in [9.17, 15) is 9.59 Å². The molecule has 1 heterocycles. The van der Waals surface area contributed by atoms with Crippen LogP contribution in [0.2, 0.25) is 0 Å². The van der Waals surface area contributed by atoms with E-state index in [1.165, 1.54) is 16.7 Å². The van der Waals surface area contributed by atoms with E-state index in [-0.39, 0.29) is 11.9 Å². The van der Waals surface area contributed by atoms with Crippen LogP contribution in [-0.2, 0) is 17.8 Å². The lowest BCUT2D eigenvalue weighted by atomic mass is 9.84. The summed E-state index contributed by atoms with van der Waals surface area (Å²) >= 11 is 0. The van der Waals surface area contributed by atoms with Crippen molar-refractivity contribution in [3.8, 4) is 0 Å². The molecule has 0 spiro atoms. The molecule has 1 aromatic rings. The molecule has 17 heavy (non-hydrogen) atoms. The topological polar surface area (TPSA) is 37.4 Å². The molecular formula is C14H15NO2. The lowest BCUT2D eigenvalue weighted by molar-refractivity contribution is -0.131. The third-order valence-corrected chi connectivity index (χ3v) is 3.97. The maximum atomic E-state index is 11.6. The van der Waals surface area contributed by atoms with Gasteiger partial charge in [-0.2, -0.15) is 0 Å². The van der Waals surface area contributed by atoms with Crippen LogP contribution < -0.4 is 0 Å². The summed E-state index contributed by atoms with van der Waals surface area (Å²) in [4.78, 5) is 24.6. The predicted molar refractivity (Wildman–Crippen MR) is 63.7 cm³/mol. The van der Waals surface area contributed by atoms with Gasteiger partial charge in [0.1, 0.15) is 6.29 Å². The summed E-state index contributed by atoms with van der Waals surface area (Å²) in [5, 5.41) is 0. The highest BCUT2D eigenvalue weighted by Crippen LogP contribution is 2.43. The van der Waals surface area contributed by atoms with Crippen molar-refractivity contribution >= 4 is 12.2 Å². The third kappa shape index (κ3) is 1.42. The number of carbonyl (C=O) groups is 2. The van der Waals surface area contributed by atoms with Crippen LogP contribution >= 0.6 is 0 Å². The van der Waals surface area contributed by atoms with Gasteiger partial charge in [0.15, 0.2) is 0 Å². The first-order chi connectivity index (χ1) is 8.22. The molecule has 0 N–H and O–H groups in total. The average Bonchev–Trinajstić information content (AvgIpc) is 2.71. The van der Waals surface area contributed by atoms with Crippen molar-refractivity contribution in [2.24, 2.45) is 0 Å². The highest BCUT2D eigenvalue weighted by molar-refractivity contribution is 5.80. The van der Waals surface area contributed by atoms with E-state index in [1.807, 2.05) is 17.0 Å². The normalized spacial score (nSPS) is 21.2. The Kier molecular flexibility index (Phi) is 2.28. The van der Waals surface area contributed by atoms with Crippen molar-refractivity contribution in [3.05, 3.63) is 34.4 Å². The van der Waals surface area contributed by atoms with Crippen LogP contribution in [0.3, 0.4) is 0 Å². The van der Waals surface area contributed by atoms with Gasteiger partial charge in [-0.1, -0.05) is 12.1 Å². The van der Waals surface area contributed by atoms with Crippen LogP contribution in [0.4, 0.5) is 0 Å². The number of nitrogens with zero attached hydrogens (tertiary/aromatic N) is 1. The van der Waals surface area contributed by atoms with Crippen molar-refractivity contribution in [1.82, 2.24) is 4.90 Å². The van der Waals surface area contributed by atoms with E-state index in [2.05, 4.69) is 0 Å². The lowest BCUT2D eigenvalue weighted by Gasteiger charge is -2.28. The fourth-order valence-corrected chi connectivity index (χ4v) is 3.23. The molecule has 0 fully saturated rings. The maximum absolute atomic E-state index is 11.6. The van der Waals surface area contributed by atoms with Gasteiger partial charge in [-0.15, -0.1) is 0 Å². The van der Waals surface area contributed by atoms with E-state index in [4.69, 9.17) is 0 Å². The molecule has 0 bridgehead atoms. The van der Waals surface area contributed by atoms with Gasteiger partial charge >= 0.3 is 0 Å². The zero-order chi connectivity index (χ0) is 12.0. The maximum Gasteiger partial charge on any atom is 0.220 e. The van der Waals surface area contributed by atoms with E-state index in [0.29, 0.717) is 6.54 Å². The van der Waals surface area contributed by atoms with E-state index >= 15 is 0 Å². The van der Waals surface area contributed by atoms with Crippen LogP contribution in [-0.4, -0.2) is 17.1 Å². The molecule has 3 heteroatoms. The molecule has 3 nitrogen and oxygen atoms in total. The summed E-state index contributed by atoms with van der Waals surface area (Å²) < 4.78 is 0. The molecule has 88 valence electrons. The van der Waals surface area contributed by atoms with E-state index in [0.717, 1.165) is 31.1 Å². The van der Waals surface area contributed by atoms with Crippen molar-refractivity contribution in [3.63, 3.8) is 0 Å². The van der Waals surface area contributed by atoms with Gasteiger partial charge in [-0.3, -0.25) is 9.59 Å². The minimum Gasteiger partial charge on any atom is -0.332 e. The zero-order valence-electron chi connectivity index (χ0n) is 9.90. The molecular weight excluding hydrogens is 214 g/mol. The van der Waals surface area contributed by atoms with Crippen molar-refractivity contribution in [1.29, 1.82) is 0 Å². The molecule has 1 atom stereocenters. The van der Waals surface area contributed by atoms with Crippen LogP contribution in [0.15, 0.2) is 12.1 Å². The summed E-state index contributed by atoms with van der Waals surface area (Å²) in [7, 11) is 0. The number of aldehydes is 1. The highest BCUT2D eigenvalue weighted by atomic mass is 16.2. The summed E-state index contributed by atoms with van der Waals surface area (Å²) in [5.74, 6) is 0.131. The van der Waals surface area contributed by atoms with Crippen molar-refractivity contribution in [2.75, 3.05) is 0 Å². The Morgan fingerprint density at radius 3 is 3.00 bits per heavy atom. The molecule has 0 aromatic heterocycles. The van der Waals surface area contributed by atoms with E-state index < -0.39 is 0 Å². The SMILES string of the molecule is CC(=O)N1Cc2ccc(C=O)c3c2C1CCC3. The Labute approximate surface area is 100 Å². The fraction of sp³-hybridized carbons (Fsp3) is 0.429. The van der Waals surface area contributed by atoms with Gasteiger partial charge in [0, 0.05) is 19.0 Å². The lowest BCUT2D eigenvalue weighted by Crippen LogP contribution is -2.28. The molecule has 2 aliphatic rings. The van der Waals surface area contributed by atoms with Crippen LogP contribution in [0.25, 0.3) is 0 Å². The molecule has 0 saturated carbocycles. The number of carbonyl (C=O) groups excluding carboxylic acids is 2. The van der Waals surface area contributed by atoms with E-state index in [1.54, 1.807) is 6.92 Å². The summed E-state index contributed by atoms with van der Waals surface area (Å²) in [6.45, 7) is 2.34. The van der Waals surface area contributed by atoms with Crippen LogP contribution in [0, 0.1) is 0 Å². The largest absolute Gasteiger partial charge is 0.332 e. The number of hydrogen-bond donors (Lipinski definition) is 0. The fourth-order valence-electron chi connectivity index (χ4n) is 3.23. The molecule has 3 rings (SSSR count). The van der Waals surface area contributed by atoms with Gasteiger partial charge in [0.2, 0.25) is 5.91 Å². The number of benzene rings is 1. The minimum atomic E-state index is 0.131. The second-order valence-corrected chi connectivity index (χ2v) is 4.88. The first-order valence-electron chi connectivity index (χ1n) is 6.09. The van der Waals surface area contributed by atoms with Gasteiger partial charge in [-0.25, -0.2) is 0 Å². The smallest absolute Gasteiger partial charge is 0.220 e. The van der Waals surface area contributed by atoms with Crippen LogP contribution in [0.5, 0.6) is 0 Å². The first-order valence-corrected chi connectivity index (χ1v) is 6.09. The minimum absolute atomic E-state index is 0.131. The Balaban J connectivity index is 2.16. The molecule has 1 aromatic carbocycles. The zero-order valence-corrected chi connectivity index (χ0v) is 9.90. The van der Waals surface area contributed by atoms with Crippen molar-refractivity contribution < 1.29 is 9.59 Å². The molecule has 1 amide bonds. The number of rotatable bonds is 1. The quantitative estimate of drug-likeness (QED) is 0.692. The highest BCUT2D eigenvalue weighted by Gasteiger charge is 2.36. The van der Waals surface area contributed by atoms with Crippen molar-refractivity contribution in [2.45, 2.75) is 38.8 Å². The van der Waals surface area contributed by atoms with Gasteiger partial charge in [-0.05, 0) is 36.0 Å². The third-order valence-electron chi connectivity index (χ3n) is 3.97.